The van der Waals surface area contributed by atoms with Gasteiger partial charge >= 0.3 is 0 Å². The quantitative estimate of drug-likeness (QED) is 0.688. The molecule has 7 nitrogen and oxygen atoms in total. The third-order valence-corrected chi connectivity index (χ3v) is 7.96. The molecule has 0 radical (unpaired) electrons. The fourth-order valence-corrected chi connectivity index (χ4v) is 5.77. The van der Waals surface area contributed by atoms with E-state index in [1.165, 1.54) is 4.31 Å². The first-order valence-electron chi connectivity index (χ1n) is 10.8. The van der Waals surface area contributed by atoms with Gasteiger partial charge in [0, 0.05) is 26.1 Å². The lowest BCUT2D eigenvalue weighted by atomic mass is 9.98. The second kappa shape index (κ2) is 10.1. The van der Waals surface area contributed by atoms with Crippen molar-refractivity contribution in [1.29, 1.82) is 0 Å². The number of rotatable bonds is 6. The maximum atomic E-state index is 12.7. The summed E-state index contributed by atoms with van der Waals surface area (Å²) in [7, 11) is -3.46. The lowest BCUT2D eigenvalue weighted by molar-refractivity contribution is -0.120. The van der Waals surface area contributed by atoms with E-state index in [-0.39, 0.29) is 18.2 Å². The van der Waals surface area contributed by atoms with Crippen LogP contribution in [0.25, 0.3) is 0 Å². The summed E-state index contributed by atoms with van der Waals surface area (Å²) in [6.07, 6.45) is 2.40. The minimum atomic E-state index is -3.46. The van der Waals surface area contributed by atoms with Crippen LogP contribution in [0.15, 0.2) is 47.4 Å². The zero-order chi connectivity index (χ0) is 22.6. The number of hydrogen-bond acceptors (Lipinski definition) is 5. The second-order valence-corrected chi connectivity index (χ2v) is 10.4. The van der Waals surface area contributed by atoms with E-state index in [4.69, 9.17) is 21.1 Å². The second-order valence-electron chi connectivity index (χ2n) is 8.10. The number of fused-ring (bicyclic) bond motifs is 1. The minimum Gasteiger partial charge on any atom is -0.489 e. The molecule has 1 N–H and O–H groups in total. The Kier molecular flexibility index (Phi) is 7.23. The zero-order valence-electron chi connectivity index (χ0n) is 17.8. The third-order valence-electron chi connectivity index (χ3n) is 5.77. The van der Waals surface area contributed by atoms with E-state index in [0.29, 0.717) is 67.1 Å². The summed E-state index contributed by atoms with van der Waals surface area (Å²) >= 11 is 6.31. The molecule has 1 fully saturated rings. The van der Waals surface area contributed by atoms with Crippen molar-refractivity contribution in [2.24, 2.45) is 5.92 Å². The van der Waals surface area contributed by atoms with Crippen molar-refractivity contribution >= 4 is 27.5 Å². The van der Waals surface area contributed by atoms with Gasteiger partial charge in [0.25, 0.3) is 0 Å². The molecule has 2 aliphatic rings. The highest BCUT2D eigenvalue weighted by atomic mass is 35.5. The number of piperidine rings is 1. The number of halogens is 1. The predicted octanol–water partition coefficient (Wildman–Crippen LogP) is 3.26. The van der Waals surface area contributed by atoms with E-state index in [2.05, 4.69) is 5.32 Å². The van der Waals surface area contributed by atoms with Crippen molar-refractivity contribution in [1.82, 2.24) is 9.62 Å². The molecule has 32 heavy (non-hydrogen) atoms. The number of hydrogen-bond donors (Lipinski definition) is 1. The molecule has 0 atom stereocenters. The minimum absolute atomic E-state index is 0.102. The number of amides is 1. The first-order chi connectivity index (χ1) is 15.4. The van der Waals surface area contributed by atoms with Gasteiger partial charge in [-0.25, -0.2) is 8.42 Å². The molecule has 9 heteroatoms. The third kappa shape index (κ3) is 5.36. The molecule has 0 saturated carbocycles. The molecule has 2 aromatic carbocycles. The number of benzene rings is 2. The Hall–Kier alpha value is -2.29. The zero-order valence-corrected chi connectivity index (χ0v) is 19.3. The smallest absolute Gasteiger partial charge is 0.243 e. The van der Waals surface area contributed by atoms with Gasteiger partial charge in [-0.2, -0.15) is 4.31 Å². The molecule has 0 aliphatic carbocycles. The topological polar surface area (TPSA) is 84.9 Å². The van der Waals surface area contributed by atoms with Crippen molar-refractivity contribution in [3.63, 3.8) is 0 Å². The van der Waals surface area contributed by atoms with E-state index in [1.54, 1.807) is 42.5 Å². The average Bonchev–Trinajstić information content (AvgIpc) is 3.04. The summed E-state index contributed by atoms with van der Waals surface area (Å²) in [5.41, 5.74) is 0.764. The van der Waals surface area contributed by atoms with Crippen molar-refractivity contribution in [2.75, 3.05) is 32.8 Å². The Morgan fingerprint density at radius 1 is 1.09 bits per heavy atom. The summed E-state index contributed by atoms with van der Waals surface area (Å²) in [6.45, 7) is 2.54. The molecule has 0 bridgehead atoms. The number of nitrogens with zero attached hydrogens (tertiary/aromatic N) is 1. The standard InChI is InChI=1S/C23H27ClN2O5S/c24-20-13-18(14-21-23(20)31-12-4-11-30-21)15-22(27)25-16-17-7-9-26(10-8-17)32(28,29)19-5-2-1-3-6-19/h1-3,5-6,13-14,17H,4,7-12,15-16H2,(H,25,27). The highest BCUT2D eigenvalue weighted by Crippen LogP contribution is 2.38. The molecule has 4 rings (SSSR count). The lowest BCUT2D eigenvalue weighted by Crippen LogP contribution is -2.41. The van der Waals surface area contributed by atoms with Crippen LogP contribution in [0.5, 0.6) is 11.5 Å². The summed E-state index contributed by atoms with van der Waals surface area (Å²) in [6, 6.07) is 12.0. The number of ether oxygens (including phenoxy) is 2. The largest absolute Gasteiger partial charge is 0.489 e. The van der Waals surface area contributed by atoms with Gasteiger partial charge in [-0.05, 0) is 48.6 Å². The van der Waals surface area contributed by atoms with Crippen LogP contribution in [-0.4, -0.2) is 51.5 Å². The number of nitrogens with one attached hydrogen (secondary N) is 1. The predicted molar refractivity (Wildman–Crippen MR) is 122 cm³/mol. The molecule has 2 heterocycles. The van der Waals surface area contributed by atoms with Gasteiger partial charge in [0.05, 0.1) is 29.6 Å². The van der Waals surface area contributed by atoms with Crippen LogP contribution < -0.4 is 14.8 Å². The van der Waals surface area contributed by atoms with E-state index < -0.39 is 10.0 Å². The number of carbonyl (C=O) groups excluding carboxylic acids is 1. The van der Waals surface area contributed by atoms with E-state index in [0.717, 1.165) is 12.0 Å². The maximum absolute atomic E-state index is 12.7. The Morgan fingerprint density at radius 3 is 2.56 bits per heavy atom. The van der Waals surface area contributed by atoms with Crippen LogP contribution in [0.1, 0.15) is 24.8 Å². The van der Waals surface area contributed by atoms with Gasteiger partial charge in [0.15, 0.2) is 11.5 Å². The van der Waals surface area contributed by atoms with Crippen molar-refractivity contribution in [2.45, 2.75) is 30.6 Å². The van der Waals surface area contributed by atoms with Crippen LogP contribution >= 0.6 is 11.6 Å². The summed E-state index contributed by atoms with van der Waals surface area (Å²) < 4.78 is 38.3. The van der Waals surface area contributed by atoms with Crippen LogP contribution in [0.2, 0.25) is 5.02 Å². The summed E-state index contributed by atoms with van der Waals surface area (Å²) in [4.78, 5) is 12.8. The lowest BCUT2D eigenvalue weighted by Gasteiger charge is -2.31. The van der Waals surface area contributed by atoms with Gasteiger partial charge in [-0.15, -0.1) is 0 Å². The molecule has 1 amide bonds. The number of sulfonamides is 1. The van der Waals surface area contributed by atoms with Crippen molar-refractivity contribution in [3.8, 4) is 11.5 Å². The van der Waals surface area contributed by atoms with Crippen LogP contribution in [-0.2, 0) is 21.2 Å². The normalized spacial score (nSPS) is 17.5. The van der Waals surface area contributed by atoms with Crippen LogP contribution in [0, 0.1) is 5.92 Å². The molecule has 0 spiro atoms. The maximum Gasteiger partial charge on any atom is 0.243 e. The molecular formula is C23H27ClN2O5S. The highest BCUT2D eigenvalue weighted by Gasteiger charge is 2.29. The fourth-order valence-electron chi connectivity index (χ4n) is 3.99. The van der Waals surface area contributed by atoms with Crippen LogP contribution in [0.4, 0.5) is 0 Å². The first kappa shape index (κ1) is 22.9. The average molecular weight is 479 g/mol. The molecule has 2 aromatic rings. The monoisotopic (exact) mass is 478 g/mol. The van der Waals surface area contributed by atoms with Crippen LogP contribution in [0.3, 0.4) is 0 Å². The van der Waals surface area contributed by atoms with E-state index >= 15 is 0 Å². The number of carbonyl (C=O) groups is 1. The highest BCUT2D eigenvalue weighted by molar-refractivity contribution is 7.89. The van der Waals surface area contributed by atoms with E-state index in [1.807, 2.05) is 0 Å². The molecule has 0 unspecified atom stereocenters. The first-order valence-corrected chi connectivity index (χ1v) is 12.7. The Balaban J connectivity index is 1.27. The van der Waals surface area contributed by atoms with Gasteiger partial charge in [-0.1, -0.05) is 29.8 Å². The Labute approximate surface area is 193 Å². The van der Waals surface area contributed by atoms with Gasteiger partial charge in [0.1, 0.15) is 0 Å². The molecule has 1 saturated heterocycles. The van der Waals surface area contributed by atoms with Crippen molar-refractivity contribution < 1.29 is 22.7 Å². The van der Waals surface area contributed by atoms with Gasteiger partial charge in [-0.3, -0.25) is 4.79 Å². The summed E-state index contributed by atoms with van der Waals surface area (Å²) in [5, 5.41) is 3.42. The van der Waals surface area contributed by atoms with Gasteiger partial charge in [0.2, 0.25) is 15.9 Å². The summed E-state index contributed by atoms with van der Waals surface area (Å²) in [5.74, 6) is 1.25. The molecule has 2 aliphatic heterocycles. The fraction of sp³-hybridized carbons (Fsp3) is 0.435. The SMILES string of the molecule is O=C(Cc1cc(Cl)c2c(c1)OCCCO2)NCC1CCN(S(=O)(=O)c2ccccc2)CC1. The van der Waals surface area contributed by atoms with Crippen molar-refractivity contribution in [3.05, 3.63) is 53.1 Å². The molecular weight excluding hydrogens is 452 g/mol. The molecule has 0 aromatic heterocycles. The molecule has 172 valence electrons. The van der Waals surface area contributed by atoms with Gasteiger partial charge < -0.3 is 14.8 Å². The Morgan fingerprint density at radius 2 is 1.81 bits per heavy atom. The van der Waals surface area contributed by atoms with E-state index in [9.17, 15) is 13.2 Å². The Bertz CT molecular complexity index is 1050.